The van der Waals surface area contributed by atoms with Crippen LogP contribution in [-0.4, -0.2) is 0 Å². The first-order chi connectivity index (χ1) is 6.02. The molecule has 0 aliphatic rings. The lowest BCUT2D eigenvalue weighted by molar-refractivity contribution is -0.438. The second-order valence-corrected chi connectivity index (χ2v) is 4.19. The smallest absolute Gasteiger partial charge is 0.112 e. The molecule has 1 aromatic carbocycles. The van der Waals surface area contributed by atoms with Crippen LogP contribution in [0.1, 0.15) is 36.6 Å². The van der Waals surface area contributed by atoms with Crippen molar-refractivity contribution in [2.24, 2.45) is 5.92 Å². The molecule has 2 heteroatoms. The number of halogens is 1. The molecule has 0 aliphatic carbocycles. The Labute approximate surface area is 93.1 Å². The minimum atomic E-state index is 0. The Morgan fingerprint density at radius 1 is 1.07 bits per heavy atom. The van der Waals surface area contributed by atoms with E-state index in [1.54, 1.807) is 0 Å². The molecule has 0 spiro atoms. The standard InChI is InChI=1S/C12H19N.ClH/c1-8(2)12(13)11-6-5-9(3)10(4)7-11;/h5-8,12H,13H2,1-4H3;1H. The zero-order chi connectivity index (χ0) is 10.0. The monoisotopic (exact) mass is 213 g/mol. The predicted octanol–water partition coefficient (Wildman–Crippen LogP) is -0.754. The Balaban J connectivity index is 0.00000169. The summed E-state index contributed by atoms with van der Waals surface area (Å²) in [5, 5.41) is 0. The fourth-order valence-corrected chi connectivity index (χ4v) is 1.38. The van der Waals surface area contributed by atoms with E-state index in [9.17, 15) is 0 Å². The van der Waals surface area contributed by atoms with E-state index in [-0.39, 0.29) is 12.4 Å². The molecule has 1 rings (SSSR count). The maximum absolute atomic E-state index is 4.18. The molecule has 0 radical (unpaired) electrons. The lowest BCUT2D eigenvalue weighted by Gasteiger charge is -2.13. The van der Waals surface area contributed by atoms with Gasteiger partial charge in [0.05, 0.1) is 0 Å². The molecule has 80 valence electrons. The van der Waals surface area contributed by atoms with Crippen molar-refractivity contribution < 1.29 is 18.1 Å². The van der Waals surface area contributed by atoms with Gasteiger partial charge in [-0.05, 0) is 31.0 Å². The fourth-order valence-electron chi connectivity index (χ4n) is 1.38. The summed E-state index contributed by atoms with van der Waals surface area (Å²) >= 11 is 0. The minimum absolute atomic E-state index is 0. The highest BCUT2D eigenvalue weighted by Crippen LogP contribution is 2.19. The van der Waals surface area contributed by atoms with Crippen LogP contribution in [0.5, 0.6) is 0 Å². The number of aryl methyl sites for hydroxylation is 2. The largest absolute Gasteiger partial charge is 1.00 e. The second-order valence-electron chi connectivity index (χ2n) is 4.19. The van der Waals surface area contributed by atoms with E-state index in [1.807, 2.05) is 0 Å². The zero-order valence-corrected chi connectivity index (χ0v) is 10.2. The Hall–Kier alpha value is -0.530. The van der Waals surface area contributed by atoms with Crippen molar-refractivity contribution in [3.05, 3.63) is 34.9 Å². The molecular formula is C12H20ClN. The highest BCUT2D eigenvalue weighted by molar-refractivity contribution is 5.31. The third-order valence-electron chi connectivity index (χ3n) is 2.76. The Bertz CT molecular complexity index is 294. The first-order valence-corrected chi connectivity index (χ1v) is 4.92. The van der Waals surface area contributed by atoms with Crippen LogP contribution in [0.4, 0.5) is 0 Å². The van der Waals surface area contributed by atoms with E-state index in [0.717, 1.165) is 0 Å². The van der Waals surface area contributed by atoms with Gasteiger partial charge in [-0.15, -0.1) is 0 Å². The molecule has 1 aromatic rings. The molecule has 0 aliphatic heterocycles. The summed E-state index contributed by atoms with van der Waals surface area (Å²) in [4.78, 5) is 0. The summed E-state index contributed by atoms with van der Waals surface area (Å²) in [6.07, 6.45) is 0. The highest BCUT2D eigenvalue weighted by atomic mass is 35.5. The van der Waals surface area contributed by atoms with Gasteiger partial charge >= 0.3 is 0 Å². The molecule has 0 aromatic heterocycles. The van der Waals surface area contributed by atoms with Gasteiger partial charge in [0.2, 0.25) is 0 Å². The van der Waals surface area contributed by atoms with Crippen LogP contribution >= 0.6 is 0 Å². The molecule has 0 bridgehead atoms. The van der Waals surface area contributed by atoms with Gasteiger partial charge < -0.3 is 18.1 Å². The first-order valence-electron chi connectivity index (χ1n) is 4.92. The summed E-state index contributed by atoms with van der Waals surface area (Å²) in [6, 6.07) is 7.05. The summed E-state index contributed by atoms with van der Waals surface area (Å²) in [6.45, 7) is 8.73. The van der Waals surface area contributed by atoms with Crippen LogP contribution in [0.2, 0.25) is 0 Å². The van der Waals surface area contributed by atoms with E-state index in [4.69, 9.17) is 0 Å². The molecule has 0 heterocycles. The van der Waals surface area contributed by atoms with E-state index >= 15 is 0 Å². The number of hydrogen-bond acceptors (Lipinski definition) is 0. The van der Waals surface area contributed by atoms with E-state index in [0.29, 0.717) is 12.0 Å². The molecule has 0 amide bonds. The lowest BCUT2D eigenvalue weighted by atomic mass is 9.94. The fraction of sp³-hybridized carbons (Fsp3) is 0.500. The second kappa shape index (κ2) is 5.38. The van der Waals surface area contributed by atoms with Crippen LogP contribution in [-0.2, 0) is 0 Å². The lowest BCUT2D eigenvalue weighted by Crippen LogP contribution is -3.00. The summed E-state index contributed by atoms with van der Waals surface area (Å²) in [7, 11) is 0. The summed E-state index contributed by atoms with van der Waals surface area (Å²) in [5.41, 5.74) is 8.27. The van der Waals surface area contributed by atoms with Gasteiger partial charge in [-0.25, -0.2) is 0 Å². The van der Waals surface area contributed by atoms with Gasteiger partial charge in [-0.3, -0.25) is 0 Å². The number of quaternary nitrogens is 1. The van der Waals surface area contributed by atoms with Gasteiger partial charge in [0.15, 0.2) is 0 Å². The average Bonchev–Trinajstić information content (AvgIpc) is 2.08. The Kier molecular flexibility index (Phi) is 5.17. The van der Waals surface area contributed by atoms with Gasteiger partial charge in [-0.2, -0.15) is 0 Å². The van der Waals surface area contributed by atoms with Gasteiger partial charge in [-0.1, -0.05) is 26.0 Å². The molecule has 3 N–H and O–H groups in total. The van der Waals surface area contributed by atoms with Crippen molar-refractivity contribution in [2.75, 3.05) is 0 Å². The minimum Gasteiger partial charge on any atom is -1.00 e. The van der Waals surface area contributed by atoms with Gasteiger partial charge in [0.25, 0.3) is 0 Å². The van der Waals surface area contributed by atoms with Crippen LogP contribution in [0.25, 0.3) is 0 Å². The maximum Gasteiger partial charge on any atom is 0.112 e. The molecule has 1 atom stereocenters. The SMILES string of the molecule is Cc1ccc(C([NH3+])C(C)C)cc1C.[Cl-]. The highest BCUT2D eigenvalue weighted by Gasteiger charge is 2.13. The predicted molar refractivity (Wildman–Crippen MR) is 56.4 cm³/mol. The van der Waals surface area contributed by atoms with E-state index < -0.39 is 0 Å². The number of rotatable bonds is 2. The van der Waals surface area contributed by atoms with Crippen molar-refractivity contribution in [3.63, 3.8) is 0 Å². The van der Waals surface area contributed by atoms with Crippen molar-refractivity contribution in [1.82, 2.24) is 0 Å². The summed E-state index contributed by atoms with van der Waals surface area (Å²) < 4.78 is 0. The first kappa shape index (κ1) is 13.5. The molecule has 1 nitrogen and oxygen atoms in total. The van der Waals surface area contributed by atoms with Gasteiger partial charge in [0, 0.05) is 11.5 Å². The average molecular weight is 214 g/mol. The third kappa shape index (κ3) is 3.00. The molecule has 0 saturated carbocycles. The van der Waals surface area contributed by atoms with Crippen molar-refractivity contribution in [3.8, 4) is 0 Å². The molecular weight excluding hydrogens is 194 g/mol. The quantitative estimate of drug-likeness (QED) is 0.670. The van der Waals surface area contributed by atoms with Gasteiger partial charge in [0.1, 0.15) is 6.04 Å². The van der Waals surface area contributed by atoms with Crippen LogP contribution in [0.3, 0.4) is 0 Å². The van der Waals surface area contributed by atoms with E-state index in [1.165, 1.54) is 16.7 Å². The zero-order valence-electron chi connectivity index (χ0n) is 9.47. The summed E-state index contributed by atoms with van der Waals surface area (Å²) in [5.74, 6) is 0.613. The van der Waals surface area contributed by atoms with Crippen LogP contribution in [0, 0.1) is 19.8 Å². The molecule has 14 heavy (non-hydrogen) atoms. The van der Waals surface area contributed by atoms with Crippen molar-refractivity contribution in [2.45, 2.75) is 33.7 Å². The van der Waals surface area contributed by atoms with Crippen LogP contribution < -0.4 is 18.1 Å². The topological polar surface area (TPSA) is 27.6 Å². The number of benzene rings is 1. The normalized spacial score (nSPS) is 12.4. The van der Waals surface area contributed by atoms with Crippen LogP contribution in [0.15, 0.2) is 18.2 Å². The van der Waals surface area contributed by atoms with E-state index in [2.05, 4.69) is 51.6 Å². The third-order valence-corrected chi connectivity index (χ3v) is 2.76. The van der Waals surface area contributed by atoms with Crippen molar-refractivity contribution in [1.29, 1.82) is 0 Å². The number of hydrogen-bond donors (Lipinski definition) is 1. The Morgan fingerprint density at radius 2 is 1.64 bits per heavy atom. The van der Waals surface area contributed by atoms with Crippen molar-refractivity contribution >= 4 is 0 Å². The molecule has 0 saturated heterocycles. The Morgan fingerprint density at radius 3 is 2.07 bits per heavy atom. The maximum atomic E-state index is 4.18. The molecule has 1 unspecified atom stereocenters. The molecule has 0 fully saturated rings.